The van der Waals surface area contributed by atoms with Gasteiger partial charge in [0.05, 0.1) is 10.5 Å². The number of sulfone groups is 1. The molecule has 0 aromatic heterocycles. The van der Waals surface area contributed by atoms with Crippen LogP contribution in [0.15, 0.2) is 29.2 Å². The molecule has 1 aromatic rings. The molecular weight excluding hydrogens is 258 g/mol. The average Bonchev–Trinajstić information content (AvgIpc) is 2.28. The zero-order chi connectivity index (χ0) is 13.9. The van der Waals surface area contributed by atoms with E-state index in [1.807, 2.05) is 0 Å². The zero-order valence-electron chi connectivity index (χ0n) is 9.66. The Kier molecular flexibility index (Phi) is 4.07. The first-order chi connectivity index (χ1) is 8.32. The molecular formula is C11H13NO5S. The van der Waals surface area contributed by atoms with Crippen molar-refractivity contribution in [3.63, 3.8) is 0 Å². The third-order valence-corrected chi connectivity index (χ3v) is 4.77. The number of hydrogen-bond acceptors (Lipinski definition) is 4. The topological polar surface area (TPSA) is 115 Å². The van der Waals surface area contributed by atoms with Gasteiger partial charge in [-0.25, -0.2) is 13.2 Å². The number of hydrogen-bond donors (Lipinski definition) is 2. The van der Waals surface area contributed by atoms with Crippen molar-refractivity contribution >= 4 is 21.7 Å². The molecule has 18 heavy (non-hydrogen) atoms. The number of carboxylic acid groups (broad SMARTS) is 1. The van der Waals surface area contributed by atoms with E-state index in [9.17, 15) is 18.0 Å². The van der Waals surface area contributed by atoms with Gasteiger partial charge in [-0.15, -0.1) is 0 Å². The first-order valence-electron chi connectivity index (χ1n) is 5.18. The van der Waals surface area contributed by atoms with E-state index in [1.54, 1.807) is 0 Å². The van der Waals surface area contributed by atoms with Gasteiger partial charge in [-0.2, -0.15) is 0 Å². The summed E-state index contributed by atoms with van der Waals surface area (Å²) in [6.45, 7) is 1.50. The molecule has 0 saturated carbocycles. The van der Waals surface area contributed by atoms with Crippen LogP contribution in [0.1, 0.15) is 23.7 Å². The minimum Gasteiger partial charge on any atom is -0.478 e. The number of nitrogens with two attached hydrogens (primary N) is 1. The van der Waals surface area contributed by atoms with E-state index in [1.165, 1.54) is 25.1 Å². The summed E-state index contributed by atoms with van der Waals surface area (Å²) in [5.74, 6) is -2.36. The van der Waals surface area contributed by atoms with E-state index in [-0.39, 0.29) is 16.9 Å². The molecule has 7 heteroatoms. The third kappa shape index (κ3) is 2.51. The van der Waals surface area contributed by atoms with Gasteiger partial charge in [0, 0.05) is 0 Å². The quantitative estimate of drug-likeness (QED) is 0.805. The summed E-state index contributed by atoms with van der Waals surface area (Å²) in [5.41, 5.74) is 4.67. The summed E-state index contributed by atoms with van der Waals surface area (Å²) in [6, 6.07) is 5.13. The summed E-state index contributed by atoms with van der Waals surface area (Å²) in [5, 5.41) is 7.52. The Morgan fingerprint density at radius 2 is 1.89 bits per heavy atom. The standard InChI is InChI=1S/C11H13NO5S/c1-2-8(10(12)13)18(16,17)9-6-4-3-5-7(9)11(14)15/h3-6,8H,2H2,1H3,(H2,12,13)(H,14,15). The normalized spacial score (nSPS) is 12.9. The van der Waals surface area contributed by atoms with Crippen LogP contribution in [0.2, 0.25) is 0 Å². The predicted octanol–water partition coefficient (Wildman–Crippen LogP) is 0.422. The maximum atomic E-state index is 12.2. The van der Waals surface area contributed by atoms with Crippen LogP contribution in [0.5, 0.6) is 0 Å². The largest absolute Gasteiger partial charge is 0.478 e. The van der Waals surface area contributed by atoms with Crippen molar-refractivity contribution in [1.29, 1.82) is 0 Å². The molecule has 1 rings (SSSR count). The Labute approximate surface area is 104 Å². The molecule has 1 aromatic carbocycles. The fourth-order valence-corrected chi connectivity index (χ4v) is 3.40. The predicted molar refractivity (Wildman–Crippen MR) is 63.9 cm³/mol. The lowest BCUT2D eigenvalue weighted by molar-refractivity contribution is -0.117. The monoisotopic (exact) mass is 271 g/mol. The minimum absolute atomic E-state index is 0.00831. The van der Waals surface area contributed by atoms with Crippen LogP contribution in [0.4, 0.5) is 0 Å². The summed E-state index contributed by atoms with van der Waals surface area (Å²) in [6.07, 6.45) is -0.00831. The Bertz CT molecular complexity index is 579. The second-order valence-corrected chi connectivity index (χ2v) is 5.74. The van der Waals surface area contributed by atoms with Crippen molar-refractivity contribution in [2.24, 2.45) is 5.73 Å². The van der Waals surface area contributed by atoms with Crippen LogP contribution in [0.3, 0.4) is 0 Å². The molecule has 0 bridgehead atoms. The molecule has 0 aliphatic rings. The van der Waals surface area contributed by atoms with Crippen molar-refractivity contribution in [2.45, 2.75) is 23.5 Å². The Balaban J connectivity index is 3.46. The number of benzene rings is 1. The summed E-state index contributed by atoms with van der Waals surface area (Å²) >= 11 is 0. The SMILES string of the molecule is CCC(C(N)=O)S(=O)(=O)c1ccccc1C(=O)O. The number of carbonyl (C=O) groups excluding carboxylic acids is 1. The van der Waals surface area contributed by atoms with E-state index in [0.717, 1.165) is 6.07 Å². The van der Waals surface area contributed by atoms with Crippen LogP contribution < -0.4 is 5.73 Å². The molecule has 1 unspecified atom stereocenters. The van der Waals surface area contributed by atoms with Crippen molar-refractivity contribution in [3.8, 4) is 0 Å². The van der Waals surface area contributed by atoms with E-state index in [0.29, 0.717) is 0 Å². The maximum Gasteiger partial charge on any atom is 0.337 e. The number of carboxylic acids is 1. The van der Waals surface area contributed by atoms with Crippen LogP contribution in [-0.4, -0.2) is 30.7 Å². The molecule has 3 N–H and O–H groups in total. The molecule has 0 heterocycles. The van der Waals surface area contributed by atoms with Gasteiger partial charge < -0.3 is 10.8 Å². The van der Waals surface area contributed by atoms with Gasteiger partial charge in [-0.1, -0.05) is 19.1 Å². The van der Waals surface area contributed by atoms with Crippen LogP contribution in [0.25, 0.3) is 0 Å². The molecule has 0 aliphatic carbocycles. The van der Waals surface area contributed by atoms with Gasteiger partial charge >= 0.3 is 5.97 Å². The number of amides is 1. The third-order valence-electron chi connectivity index (χ3n) is 2.49. The second-order valence-electron chi connectivity index (χ2n) is 3.65. The van der Waals surface area contributed by atoms with Gasteiger partial charge in [-0.3, -0.25) is 4.79 Å². The number of carbonyl (C=O) groups is 2. The average molecular weight is 271 g/mol. The first-order valence-corrected chi connectivity index (χ1v) is 6.72. The fraction of sp³-hybridized carbons (Fsp3) is 0.273. The Hall–Kier alpha value is -1.89. The minimum atomic E-state index is -4.08. The van der Waals surface area contributed by atoms with Crippen molar-refractivity contribution in [1.82, 2.24) is 0 Å². The lowest BCUT2D eigenvalue weighted by atomic mass is 10.2. The molecule has 0 aliphatic heterocycles. The molecule has 0 radical (unpaired) electrons. The van der Waals surface area contributed by atoms with Crippen LogP contribution >= 0.6 is 0 Å². The molecule has 0 fully saturated rings. The highest BCUT2D eigenvalue weighted by molar-refractivity contribution is 7.92. The van der Waals surface area contributed by atoms with Gasteiger partial charge in [0.15, 0.2) is 9.84 Å². The Morgan fingerprint density at radius 3 is 2.33 bits per heavy atom. The zero-order valence-corrected chi connectivity index (χ0v) is 10.5. The highest BCUT2D eigenvalue weighted by atomic mass is 32.2. The molecule has 1 amide bonds. The van der Waals surface area contributed by atoms with Crippen molar-refractivity contribution < 1.29 is 23.1 Å². The number of primary amides is 1. The van der Waals surface area contributed by atoms with E-state index < -0.39 is 27.0 Å². The van der Waals surface area contributed by atoms with Crippen LogP contribution in [0, 0.1) is 0 Å². The van der Waals surface area contributed by atoms with E-state index in [4.69, 9.17) is 10.8 Å². The molecule has 0 spiro atoms. The van der Waals surface area contributed by atoms with Crippen LogP contribution in [-0.2, 0) is 14.6 Å². The molecule has 98 valence electrons. The molecule has 1 atom stereocenters. The highest BCUT2D eigenvalue weighted by Crippen LogP contribution is 2.22. The maximum absolute atomic E-state index is 12.2. The number of aromatic carboxylic acids is 1. The van der Waals surface area contributed by atoms with Gasteiger partial charge in [0.25, 0.3) is 0 Å². The summed E-state index contributed by atoms with van der Waals surface area (Å²) < 4.78 is 24.3. The molecule has 6 nitrogen and oxygen atoms in total. The fourth-order valence-electron chi connectivity index (χ4n) is 1.62. The van der Waals surface area contributed by atoms with E-state index in [2.05, 4.69) is 0 Å². The smallest absolute Gasteiger partial charge is 0.337 e. The van der Waals surface area contributed by atoms with Gasteiger partial charge in [-0.05, 0) is 18.6 Å². The lowest BCUT2D eigenvalue weighted by Gasteiger charge is -2.13. The van der Waals surface area contributed by atoms with Gasteiger partial charge in [0.1, 0.15) is 5.25 Å². The molecule has 0 saturated heterocycles. The Morgan fingerprint density at radius 1 is 1.33 bits per heavy atom. The number of rotatable bonds is 5. The van der Waals surface area contributed by atoms with Gasteiger partial charge in [0.2, 0.25) is 5.91 Å². The summed E-state index contributed by atoms with van der Waals surface area (Å²) in [4.78, 5) is 21.7. The lowest BCUT2D eigenvalue weighted by Crippen LogP contribution is -2.36. The van der Waals surface area contributed by atoms with Crippen molar-refractivity contribution in [2.75, 3.05) is 0 Å². The van der Waals surface area contributed by atoms with Crippen molar-refractivity contribution in [3.05, 3.63) is 29.8 Å². The first kappa shape index (κ1) is 14.2. The van der Waals surface area contributed by atoms with E-state index >= 15 is 0 Å². The summed E-state index contributed by atoms with van der Waals surface area (Å²) in [7, 11) is -4.08. The highest BCUT2D eigenvalue weighted by Gasteiger charge is 2.33. The second kappa shape index (κ2) is 5.18.